The molecule has 0 saturated heterocycles. The number of benzene rings is 1. The third-order valence-corrected chi connectivity index (χ3v) is 7.01. The summed E-state index contributed by atoms with van der Waals surface area (Å²) in [4.78, 5) is 0. The summed E-state index contributed by atoms with van der Waals surface area (Å²) >= 11 is 6.90. The van der Waals surface area contributed by atoms with Gasteiger partial charge in [0.1, 0.15) is 4.21 Å². The lowest BCUT2D eigenvalue weighted by Gasteiger charge is -2.24. The van der Waals surface area contributed by atoms with Crippen molar-refractivity contribution in [3.63, 3.8) is 0 Å². The van der Waals surface area contributed by atoms with Crippen molar-refractivity contribution in [3.05, 3.63) is 46.3 Å². The molecule has 1 unspecified atom stereocenters. The monoisotopic (exact) mass is 343 g/mol. The van der Waals surface area contributed by atoms with Gasteiger partial charge < -0.3 is 5.11 Å². The molecule has 1 aromatic heterocycles. The molecule has 0 amide bonds. The highest BCUT2D eigenvalue weighted by molar-refractivity contribution is 7.94. The lowest BCUT2D eigenvalue weighted by molar-refractivity contribution is 0.168. The van der Waals surface area contributed by atoms with Crippen LogP contribution >= 0.6 is 22.9 Å². The molecule has 1 aromatic carbocycles. The number of para-hydroxylation sites is 1. The lowest BCUT2D eigenvalue weighted by atomic mass is 10.1. The fourth-order valence-corrected chi connectivity index (χ4v) is 5.62. The fourth-order valence-electron chi connectivity index (χ4n) is 2.50. The van der Waals surface area contributed by atoms with Crippen LogP contribution in [0.1, 0.15) is 24.5 Å². The van der Waals surface area contributed by atoms with Crippen LogP contribution in [0.4, 0.5) is 5.69 Å². The highest BCUT2D eigenvalue weighted by Crippen LogP contribution is 2.37. The van der Waals surface area contributed by atoms with E-state index in [0.717, 1.165) is 11.3 Å². The van der Waals surface area contributed by atoms with Crippen LogP contribution in [0.25, 0.3) is 0 Å². The van der Waals surface area contributed by atoms with Gasteiger partial charge in [-0.2, -0.15) is 0 Å². The minimum Gasteiger partial charge on any atom is -0.388 e. The van der Waals surface area contributed by atoms with Gasteiger partial charge in [-0.3, -0.25) is 4.31 Å². The van der Waals surface area contributed by atoms with Crippen molar-refractivity contribution in [3.8, 4) is 0 Å². The van der Waals surface area contributed by atoms with Crippen LogP contribution in [0.5, 0.6) is 0 Å². The van der Waals surface area contributed by atoms with E-state index in [9.17, 15) is 13.5 Å². The highest BCUT2D eigenvalue weighted by atomic mass is 35.5. The maximum Gasteiger partial charge on any atom is 0.273 e. The average Bonchev–Trinajstić information content (AvgIpc) is 2.83. The average molecular weight is 344 g/mol. The predicted molar refractivity (Wildman–Crippen MR) is 84.5 cm³/mol. The van der Waals surface area contributed by atoms with Gasteiger partial charge in [0.25, 0.3) is 10.0 Å². The smallest absolute Gasteiger partial charge is 0.273 e. The topological polar surface area (TPSA) is 57.6 Å². The van der Waals surface area contributed by atoms with Crippen molar-refractivity contribution in [2.24, 2.45) is 0 Å². The van der Waals surface area contributed by atoms with E-state index in [0.29, 0.717) is 35.0 Å². The Morgan fingerprint density at radius 3 is 2.71 bits per heavy atom. The zero-order valence-corrected chi connectivity index (χ0v) is 13.5. The molecule has 1 N–H and O–H groups in total. The Morgan fingerprint density at radius 1 is 1.24 bits per heavy atom. The van der Waals surface area contributed by atoms with E-state index in [1.165, 1.54) is 10.4 Å². The third kappa shape index (κ3) is 2.68. The van der Waals surface area contributed by atoms with E-state index in [2.05, 4.69) is 0 Å². The maximum atomic E-state index is 12.8. The van der Waals surface area contributed by atoms with Crippen molar-refractivity contribution in [2.45, 2.75) is 23.2 Å². The number of aliphatic hydroxyl groups is 1. The molecule has 0 fully saturated rings. The second-order valence-electron chi connectivity index (χ2n) is 4.85. The molecule has 2 heterocycles. The number of sulfonamides is 1. The number of nitrogens with zero attached hydrogens (tertiary/aromatic N) is 1. The first-order chi connectivity index (χ1) is 10.00. The van der Waals surface area contributed by atoms with Crippen LogP contribution in [0.2, 0.25) is 4.34 Å². The van der Waals surface area contributed by atoms with Gasteiger partial charge in [0.15, 0.2) is 0 Å². The quantitative estimate of drug-likeness (QED) is 0.908. The van der Waals surface area contributed by atoms with Crippen molar-refractivity contribution < 1.29 is 13.5 Å². The Morgan fingerprint density at radius 2 is 2.00 bits per heavy atom. The van der Waals surface area contributed by atoms with Crippen molar-refractivity contribution in [2.75, 3.05) is 10.8 Å². The Balaban J connectivity index is 2.12. The zero-order valence-electron chi connectivity index (χ0n) is 11.1. The van der Waals surface area contributed by atoms with E-state index < -0.39 is 16.1 Å². The number of thiophene rings is 1. The SMILES string of the molecule is O=S(=O)(c1ccc(Cl)s1)N1CCCC(O)c2ccccc21. The van der Waals surface area contributed by atoms with Crippen LogP contribution in [0.15, 0.2) is 40.6 Å². The molecule has 1 aliphatic heterocycles. The summed E-state index contributed by atoms with van der Waals surface area (Å²) in [7, 11) is -3.65. The minimum absolute atomic E-state index is 0.221. The van der Waals surface area contributed by atoms with Gasteiger partial charge in [-0.05, 0) is 31.0 Å². The Labute approximate surface area is 132 Å². The van der Waals surface area contributed by atoms with E-state index in [4.69, 9.17) is 11.6 Å². The molecule has 1 aliphatic rings. The Kier molecular flexibility index (Phi) is 3.96. The van der Waals surface area contributed by atoms with Crippen molar-refractivity contribution in [1.82, 2.24) is 0 Å². The first-order valence-electron chi connectivity index (χ1n) is 6.55. The zero-order chi connectivity index (χ0) is 15.0. The molecule has 0 radical (unpaired) electrons. The maximum absolute atomic E-state index is 12.8. The Hall–Kier alpha value is -1.08. The lowest BCUT2D eigenvalue weighted by Crippen LogP contribution is -2.31. The van der Waals surface area contributed by atoms with Crippen molar-refractivity contribution >= 4 is 38.6 Å². The standard InChI is InChI=1S/C14H14ClNO3S2/c15-13-7-8-14(20-13)21(18,19)16-9-3-6-12(17)10-4-1-2-5-11(10)16/h1-2,4-5,7-8,12,17H,3,6,9H2. The molecule has 21 heavy (non-hydrogen) atoms. The van der Waals surface area contributed by atoms with Gasteiger partial charge in [0, 0.05) is 12.1 Å². The molecule has 3 rings (SSSR count). The van der Waals surface area contributed by atoms with E-state index >= 15 is 0 Å². The molecule has 0 saturated carbocycles. The van der Waals surface area contributed by atoms with Crippen molar-refractivity contribution in [1.29, 1.82) is 0 Å². The number of hydrogen-bond donors (Lipinski definition) is 1. The molecule has 0 spiro atoms. The molecular formula is C14H14ClNO3S2. The predicted octanol–water partition coefficient (Wildman–Crippen LogP) is 3.42. The molecule has 1 atom stereocenters. The summed E-state index contributed by atoms with van der Waals surface area (Å²) < 4.78 is 27.7. The molecule has 112 valence electrons. The summed E-state index contributed by atoms with van der Waals surface area (Å²) in [6, 6.07) is 10.2. The normalized spacial score (nSPS) is 19.1. The van der Waals surface area contributed by atoms with Gasteiger partial charge in [-0.1, -0.05) is 29.8 Å². The molecule has 2 aromatic rings. The fraction of sp³-hybridized carbons (Fsp3) is 0.286. The van der Waals surface area contributed by atoms with E-state index in [-0.39, 0.29) is 4.21 Å². The molecular weight excluding hydrogens is 330 g/mol. The van der Waals surface area contributed by atoms with Crippen LogP contribution in [0.3, 0.4) is 0 Å². The van der Waals surface area contributed by atoms with Gasteiger partial charge in [-0.25, -0.2) is 8.42 Å². The number of aliphatic hydroxyl groups excluding tert-OH is 1. The summed E-state index contributed by atoms with van der Waals surface area (Å²) in [5.41, 5.74) is 1.20. The van der Waals surface area contributed by atoms with E-state index in [1.807, 2.05) is 0 Å². The van der Waals surface area contributed by atoms with Crippen LogP contribution in [-0.4, -0.2) is 20.1 Å². The molecule has 4 nitrogen and oxygen atoms in total. The summed E-state index contributed by atoms with van der Waals surface area (Å²) in [5, 5.41) is 10.2. The first-order valence-corrected chi connectivity index (χ1v) is 9.18. The molecule has 0 aliphatic carbocycles. The summed E-state index contributed by atoms with van der Waals surface area (Å²) in [6.07, 6.45) is 0.524. The first kappa shape index (κ1) is 14.8. The number of halogens is 1. The van der Waals surface area contributed by atoms with Crippen LogP contribution < -0.4 is 4.31 Å². The largest absolute Gasteiger partial charge is 0.388 e. The number of rotatable bonds is 2. The summed E-state index contributed by atoms with van der Waals surface area (Å²) in [6.45, 7) is 0.353. The highest BCUT2D eigenvalue weighted by Gasteiger charge is 2.31. The van der Waals surface area contributed by atoms with Gasteiger partial charge >= 0.3 is 0 Å². The summed E-state index contributed by atoms with van der Waals surface area (Å²) in [5.74, 6) is 0. The Bertz CT molecular complexity index is 757. The number of anilines is 1. The number of hydrogen-bond acceptors (Lipinski definition) is 4. The number of fused-ring (bicyclic) bond motifs is 1. The molecule has 0 bridgehead atoms. The third-order valence-electron chi connectivity index (χ3n) is 3.50. The van der Waals surface area contributed by atoms with Crippen LogP contribution in [0, 0.1) is 0 Å². The van der Waals surface area contributed by atoms with Gasteiger partial charge in [0.2, 0.25) is 0 Å². The molecule has 7 heteroatoms. The second-order valence-corrected chi connectivity index (χ2v) is 8.66. The van der Waals surface area contributed by atoms with E-state index in [1.54, 1.807) is 30.3 Å². The second kappa shape index (κ2) is 5.61. The van der Waals surface area contributed by atoms with Gasteiger partial charge in [-0.15, -0.1) is 11.3 Å². The van der Waals surface area contributed by atoms with Crippen LogP contribution in [-0.2, 0) is 10.0 Å². The van der Waals surface area contributed by atoms with Gasteiger partial charge in [0.05, 0.1) is 16.1 Å². The minimum atomic E-state index is -3.65.